The fraction of sp³-hybridized carbons (Fsp3) is 0.286. The maximum atomic E-state index is 13.4. The Morgan fingerprint density at radius 3 is 2.73 bits per heavy atom. The van der Waals surface area contributed by atoms with Gasteiger partial charge in [0.05, 0.1) is 18.9 Å². The number of anilines is 1. The number of rotatable bonds is 6. The minimum atomic E-state index is -0.294. The van der Waals surface area contributed by atoms with Crippen molar-refractivity contribution in [2.45, 2.75) is 0 Å². The van der Waals surface area contributed by atoms with Crippen molar-refractivity contribution < 1.29 is 13.5 Å². The van der Waals surface area contributed by atoms with Crippen LogP contribution in [0.15, 0.2) is 53.4 Å². The van der Waals surface area contributed by atoms with Crippen molar-refractivity contribution in [3.63, 3.8) is 0 Å². The molecule has 0 radical (unpaired) electrons. The zero-order valence-electron chi connectivity index (χ0n) is 16.3. The van der Waals surface area contributed by atoms with Crippen molar-refractivity contribution in [2.75, 3.05) is 44.7 Å². The molecule has 0 aliphatic carbocycles. The fourth-order valence-electron chi connectivity index (χ4n) is 3.57. The quantitative estimate of drug-likeness (QED) is 0.525. The average Bonchev–Trinajstić information content (AvgIpc) is 3.37. The van der Waals surface area contributed by atoms with Crippen molar-refractivity contribution >= 4 is 11.8 Å². The van der Waals surface area contributed by atoms with Crippen LogP contribution in [0.4, 0.5) is 10.3 Å². The SMILES string of the molecule is Fc1ccc(-c2nc3occn3c2-c2ccnc(NCCN3CCOCC3)n2)cc1. The molecule has 0 atom stereocenters. The van der Waals surface area contributed by atoms with Crippen LogP contribution in [0, 0.1) is 5.82 Å². The van der Waals surface area contributed by atoms with E-state index in [0.717, 1.165) is 50.7 Å². The molecule has 9 heteroatoms. The van der Waals surface area contributed by atoms with E-state index in [2.05, 4.69) is 25.2 Å². The number of hydrogen-bond donors (Lipinski definition) is 1. The third kappa shape index (κ3) is 3.77. The zero-order valence-corrected chi connectivity index (χ0v) is 16.3. The summed E-state index contributed by atoms with van der Waals surface area (Å²) in [6.07, 6.45) is 5.08. The molecule has 4 aromatic rings. The van der Waals surface area contributed by atoms with E-state index in [1.165, 1.54) is 12.1 Å². The van der Waals surface area contributed by atoms with E-state index in [1.54, 1.807) is 30.8 Å². The summed E-state index contributed by atoms with van der Waals surface area (Å²) in [4.78, 5) is 16.0. The summed E-state index contributed by atoms with van der Waals surface area (Å²) in [7, 11) is 0. The number of oxazole rings is 1. The summed E-state index contributed by atoms with van der Waals surface area (Å²) in [5, 5.41) is 3.30. The number of nitrogens with zero attached hydrogens (tertiary/aromatic N) is 5. The van der Waals surface area contributed by atoms with E-state index in [1.807, 2.05) is 10.5 Å². The van der Waals surface area contributed by atoms with Gasteiger partial charge >= 0.3 is 5.84 Å². The predicted octanol–water partition coefficient (Wildman–Crippen LogP) is 2.93. The van der Waals surface area contributed by atoms with E-state index in [0.29, 0.717) is 23.2 Å². The van der Waals surface area contributed by atoms with Crippen LogP contribution < -0.4 is 5.32 Å². The van der Waals surface area contributed by atoms with Crippen molar-refractivity contribution in [3.05, 3.63) is 54.8 Å². The van der Waals surface area contributed by atoms with Gasteiger partial charge in [-0.05, 0) is 30.3 Å². The van der Waals surface area contributed by atoms with Gasteiger partial charge < -0.3 is 14.5 Å². The Kier molecular flexibility index (Phi) is 5.12. The Bertz CT molecular complexity index is 1130. The number of ether oxygens (including phenoxy) is 1. The second kappa shape index (κ2) is 8.21. The summed E-state index contributed by atoms with van der Waals surface area (Å²) in [6.45, 7) is 5.08. The van der Waals surface area contributed by atoms with Crippen LogP contribution >= 0.6 is 0 Å². The molecular formula is C21H21FN6O2. The summed E-state index contributed by atoms with van der Waals surface area (Å²) < 4.78 is 26.1. The first kappa shape index (κ1) is 18.7. The third-order valence-electron chi connectivity index (χ3n) is 5.09. The summed E-state index contributed by atoms with van der Waals surface area (Å²) in [5.41, 5.74) is 2.93. The van der Waals surface area contributed by atoms with Crippen molar-refractivity contribution in [1.29, 1.82) is 0 Å². The summed E-state index contributed by atoms with van der Waals surface area (Å²) >= 11 is 0. The van der Waals surface area contributed by atoms with Gasteiger partial charge in [0.1, 0.15) is 23.5 Å². The maximum absolute atomic E-state index is 13.4. The van der Waals surface area contributed by atoms with Gasteiger partial charge in [-0.2, -0.15) is 4.98 Å². The van der Waals surface area contributed by atoms with Gasteiger partial charge in [0.15, 0.2) is 0 Å². The van der Waals surface area contributed by atoms with E-state index >= 15 is 0 Å². The predicted molar refractivity (Wildman–Crippen MR) is 110 cm³/mol. The zero-order chi connectivity index (χ0) is 20.3. The highest BCUT2D eigenvalue weighted by atomic mass is 19.1. The third-order valence-corrected chi connectivity index (χ3v) is 5.09. The van der Waals surface area contributed by atoms with Gasteiger partial charge in [0.2, 0.25) is 5.95 Å². The first-order chi connectivity index (χ1) is 14.8. The van der Waals surface area contributed by atoms with Crippen LogP contribution in [0.25, 0.3) is 28.5 Å². The van der Waals surface area contributed by atoms with Gasteiger partial charge in [-0.25, -0.2) is 14.4 Å². The maximum Gasteiger partial charge on any atom is 0.306 e. The Morgan fingerprint density at radius 2 is 1.90 bits per heavy atom. The van der Waals surface area contributed by atoms with Crippen LogP contribution in [0.5, 0.6) is 0 Å². The summed E-state index contributed by atoms with van der Waals surface area (Å²) in [5.74, 6) is 0.700. The first-order valence-corrected chi connectivity index (χ1v) is 9.87. The van der Waals surface area contributed by atoms with Gasteiger partial charge in [0, 0.05) is 44.1 Å². The smallest absolute Gasteiger partial charge is 0.306 e. The minimum Gasteiger partial charge on any atom is -0.432 e. The van der Waals surface area contributed by atoms with E-state index in [9.17, 15) is 4.39 Å². The normalized spacial score (nSPS) is 15.0. The Labute approximate surface area is 172 Å². The highest BCUT2D eigenvalue weighted by molar-refractivity contribution is 5.79. The second-order valence-corrected chi connectivity index (χ2v) is 7.02. The van der Waals surface area contributed by atoms with Crippen LogP contribution in [-0.4, -0.2) is 63.6 Å². The highest BCUT2D eigenvalue weighted by Gasteiger charge is 2.19. The van der Waals surface area contributed by atoms with Crippen molar-refractivity contribution in [2.24, 2.45) is 0 Å². The van der Waals surface area contributed by atoms with Gasteiger partial charge in [0.25, 0.3) is 0 Å². The van der Waals surface area contributed by atoms with Crippen LogP contribution in [0.2, 0.25) is 0 Å². The van der Waals surface area contributed by atoms with E-state index in [4.69, 9.17) is 9.15 Å². The lowest BCUT2D eigenvalue weighted by Crippen LogP contribution is -2.39. The molecule has 0 bridgehead atoms. The molecule has 1 N–H and O–H groups in total. The van der Waals surface area contributed by atoms with Crippen LogP contribution in [0.3, 0.4) is 0 Å². The molecule has 1 saturated heterocycles. The van der Waals surface area contributed by atoms with E-state index in [-0.39, 0.29) is 5.82 Å². The molecule has 1 aromatic carbocycles. The molecule has 0 amide bonds. The number of hydrogen-bond acceptors (Lipinski definition) is 7. The number of imidazole rings is 1. The average molecular weight is 408 g/mol. The molecule has 4 heterocycles. The number of benzene rings is 1. The lowest BCUT2D eigenvalue weighted by molar-refractivity contribution is 0.0398. The molecule has 1 fully saturated rings. The molecule has 0 saturated carbocycles. The van der Waals surface area contributed by atoms with Crippen LogP contribution in [-0.2, 0) is 4.74 Å². The van der Waals surface area contributed by atoms with Crippen molar-refractivity contribution in [1.82, 2.24) is 24.3 Å². The van der Waals surface area contributed by atoms with Crippen molar-refractivity contribution in [3.8, 4) is 22.6 Å². The molecule has 5 rings (SSSR count). The molecule has 8 nitrogen and oxygen atoms in total. The lowest BCUT2D eigenvalue weighted by Gasteiger charge is -2.26. The standard InChI is InChI=1S/C21H21FN6O2/c22-16-3-1-15(2-4-16)18-19(28-11-14-30-21(28)26-18)17-5-6-23-20(25-17)24-7-8-27-9-12-29-13-10-27/h1-6,11,14H,7-10,12-13H2,(H,23,24,25). The number of fused-ring (bicyclic) bond motifs is 1. The number of aromatic nitrogens is 4. The molecular weight excluding hydrogens is 387 g/mol. The van der Waals surface area contributed by atoms with Gasteiger partial charge in [-0.3, -0.25) is 9.30 Å². The van der Waals surface area contributed by atoms with Gasteiger partial charge in [-0.1, -0.05) is 0 Å². The van der Waals surface area contributed by atoms with Crippen LogP contribution in [0.1, 0.15) is 0 Å². The lowest BCUT2D eigenvalue weighted by atomic mass is 10.1. The topological polar surface area (TPSA) is 80.7 Å². The number of halogens is 1. The molecule has 30 heavy (non-hydrogen) atoms. The largest absolute Gasteiger partial charge is 0.432 e. The second-order valence-electron chi connectivity index (χ2n) is 7.02. The number of nitrogens with one attached hydrogen (secondary N) is 1. The molecule has 154 valence electrons. The minimum absolute atomic E-state index is 0.294. The molecule has 1 aliphatic rings. The fourth-order valence-corrected chi connectivity index (χ4v) is 3.57. The number of morpholine rings is 1. The Hall–Kier alpha value is -3.30. The van der Waals surface area contributed by atoms with Gasteiger partial charge in [-0.15, -0.1) is 0 Å². The molecule has 0 spiro atoms. The Balaban J connectivity index is 1.42. The monoisotopic (exact) mass is 408 g/mol. The molecule has 3 aromatic heterocycles. The first-order valence-electron chi connectivity index (χ1n) is 9.87. The summed E-state index contributed by atoms with van der Waals surface area (Å²) in [6, 6.07) is 8.06. The molecule has 0 unspecified atom stereocenters. The molecule has 1 aliphatic heterocycles. The highest BCUT2D eigenvalue weighted by Crippen LogP contribution is 2.32. The Morgan fingerprint density at radius 1 is 1.07 bits per heavy atom. The van der Waals surface area contributed by atoms with E-state index < -0.39 is 0 Å².